The lowest BCUT2D eigenvalue weighted by Crippen LogP contribution is -2.31. The van der Waals surface area contributed by atoms with Crippen LogP contribution < -0.4 is 5.32 Å². The van der Waals surface area contributed by atoms with Crippen LogP contribution >= 0.6 is 0 Å². The Hall–Kier alpha value is -3.04. The van der Waals surface area contributed by atoms with Crippen LogP contribution in [0, 0.1) is 13.8 Å². The number of benzene rings is 2. The molecule has 1 amide bonds. The van der Waals surface area contributed by atoms with Crippen LogP contribution in [0.5, 0.6) is 0 Å². The zero-order valence-corrected chi connectivity index (χ0v) is 20.3. The summed E-state index contributed by atoms with van der Waals surface area (Å²) in [5, 5.41) is 10.5. The number of sulfonamides is 1. The van der Waals surface area contributed by atoms with Gasteiger partial charge in [0.25, 0.3) is 5.91 Å². The van der Waals surface area contributed by atoms with E-state index in [-0.39, 0.29) is 10.9 Å². The summed E-state index contributed by atoms with van der Waals surface area (Å²) in [6.07, 6.45) is 2.17. The third kappa shape index (κ3) is 6.06. The van der Waals surface area contributed by atoms with E-state index >= 15 is 0 Å². The van der Waals surface area contributed by atoms with Gasteiger partial charge < -0.3 is 4.42 Å². The van der Waals surface area contributed by atoms with Gasteiger partial charge in [-0.3, -0.25) is 10.1 Å². The second-order valence-corrected chi connectivity index (χ2v) is 9.87. The molecule has 0 aliphatic rings. The predicted octanol–water partition coefficient (Wildman–Crippen LogP) is 4.34. The molecule has 0 unspecified atom stereocenters. The number of rotatable bonds is 10. The van der Waals surface area contributed by atoms with Gasteiger partial charge in [-0.05, 0) is 55.7 Å². The smallest absolute Gasteiger partial charge is 0.322 e. The quantitative estimate of drug-likeness (QED) is 0.472. The normalized spacial score (nSPS) is 11.7. The largest absolute Gasteiger partial charge is 0.407 e. The van der Waals surface area contributed by atoms with Gasteiger partial charge in [-0.2, -0.15) is 4.31 Å². The number of amides is 1. The lowest BCUT2D eigenvalue weighted by molar-refractivity contribution is 0.102. The summed E-state index contributed by atoms with van der Waals surface area (Å²) in [6.45, 7) is 8.75. The van der Waals surface area contributed by atoms with Crippen molar-refractivity contribution in [2.24, 2.45) is 0 Å². The van der Waals surface area contributed by atoms with E-state index in [1.54, 1.807) is 0 Å². The van der Waals surface area contributed by atoms with E-state index in [0.29, 0.717) is 31.0 Å². The molecule has 9 heteroatoms. The van der Waals surface area contributed by atoms with Crippen LogP contribution in [0.4, 0.5) is 6.01 Å². The zero-order chi connectivity index (χ0) is 24.0. The van der Waals surface area contributed by atoms with Gasteiger partial charge in [0.2, 0.25) is 15.9 Å². The first-order chi connectivity index (χ1) is 15.7. The van der Waals surface area contributed by atoms with Gasteiger partial charge >= 0.3 is 6.01 Å². The van der Waals surface area contributed by atoms with Crippen molar-refractivity contribution in [3.63, 3.8) is 0 Å². The molecule has 0 bridgehead atoms. The standard InChI is InChI=1S/C24H30N4O4S/c1-5-7-14-28(6-2)33(30,31)21-12-10-19(11-13-21)23(29)25-24-27-26-22(32-24)16-20-9-8-17(3)15-18(20)4/h8-13,15H,5-7,14,16H2,1-4H3,(H,25,27,29). The molecule has 0 atom stereocenters. The van der Waals surface area contributed by atoms with E-state index in [1.807, 2.05) is 39.8 Å². The fourth-order valence-electron chi connectivity index (χ4n) is 3.46. The molecule has 0 radical (unpaired) electrons. The fraction of sp³-hybridized carbons (Fsp3) is 0.375. The highest BCUT2D eigenvalue weighted by Crippen LogP contribution is 2.19. The SMILES string of the molecule is CCCCN(CC)S(=O)(=O)c1ccc(C(=O)Nc2nnc(Cc3ccc(C)cc3C)o2)cc1. The van der Waals surface area contributed by atoms with Gasteiger partial charge in [-0.1, -0.05) is 49.1 Å². The maximum atomic E-state index is 12.8. The predicted molar refractivity (Wildman–Crippen MR) is 127 cm³/mol. The van der Waals surface area contributed by atoms with E-state index in [1.165, 1.54) is 34.1 Å². The number of nitrogens with one attached hydrogen (secondary N) is 1. The van der Waals surface area contributed by atoms with Crippen LogP contribution in [0.25, 0.3) is 0 Å². The fourth-order valence-corrected chi connectivity index (χ4v) is 4.95. The monoisotopic (exact) mass is 470 g/mol. The molecule has 8 nitrogen and oxygen atoms in total. The first kappa shape index (κ1) is 24.6. The lowest BCUT2D eigenvalue weighted by Gasteiger charge is -2.20. The molecule has 0 aliphatic heterocycles. The van der Waals surface area contributed by atoms with Crippen LogP contribution in [0.1, 0.15) is 59.6 Å². The maximum Gasteiger partial charge on any atom is 0.322 e. The number of hydrogen-bond donors (Lipinski definition) is 1. The summed E-state index contributed by atoms with van der Waals surface area (Å²) in [5.41, 5.74) is 3.67. The number of aromatic nitrogens is 2. The van der Waals surface area contributed by atoms with Crippen molar-refractivity contribution in [3.05, 3.63) is 70.6 Å². The van der Waals surface area contributed by atoms with Gasteiger partial charge in [0.1, 0.15) is 0 Å². The van der Waals surface area contributed by atoms with Crippen LogP contribution in [0.3, 0.4) is 0 Å². The van der Waals surface area contributed by atoms with Gasteiger partial charge in [0.05, 0.1) is 11.3 Å². The van der Waals surface area contributed by atoms with Crippen molar-refractivity contribution in [2.75, 3.05) is 18.4 Å². The summed E-state index contributed by atoms with van der Waals surface area (Å²) in [7, 11) is -3.60. The van der Waals surface area contributed by atoms with Crippen molar-refractivity contribution >= 4 is 21.9 Å². The number of carbonyl (C=O) groups excluding carboxylic acids is 1. The van der Waals surface area contributed by atoms with Crippen molar-refractivity contribution in [3.8, 4) is 0 Å². The number of hydrogen-bond acceptors (Lipinski definition) is 6. The molecule has 2 aromatic carbocycles. The molecule has 33 heavy (non-hydrogen) atoms. The summed E-state index contributed by atoms with van der Waals surface area (Å²) in [4.78, 5) is 12.7. The molecule has 3 aromatic rings. The van der Waals surface area contributed by atoms with E-state index in [0.717, 1.165) is 24.0 Å². The van der Waals surface area contributed by atoms with Gasteiger partial charge in [0.15, 0.2) is 0 Å². The molecule has 0 fully saturated rings. The first-order valence-electron chi connectivity index (χ1n) is 11.0. The third-order valence-corrected chi connectivity index (χ3v) is 7.38. The number of aryl methyl sites for hydroxylation is 2. The molecule has 1 heterocycles. The highest BCUT2D eigenvalue weighted by molar-refractivity contribution is 7.89. The highest BCUT2D eigenvalue weighted by atomic mass is 32.2. The Balaban J connectivity index is 1.66. The van der Waals surface area contributed by atoms with Crippen molar-refractivity contribution in [1.29, 1.82) is 0 Å². The summed E-state index contributed by atoms with van der Waals surface area (Å²) in [5.74, 6) is -0.0653. The minimum absolute atomic E-state index is 0.00631. The Morgan fingerprint density at radius 2 is 1.79 bits per heavy atom. The molecule has 176 valence electrons. The van der Waals surface area contributed by atoms with Crippen LogP contribution in [0.15, 0.2) is 51.8 Å². The molecule has 1 N–H and O–H groups in total. The number of unbranched alkanes of at least 4 members (excludes halogenated alkanes) is 1. The zero-order valence-electron chi connectivity index (χ0n) is 19.5. The summed E-state index contributed by atoms with van der Waals surface area (Å²) >= 11 is 0. The van der Waals surface area contributed by atoms with Crippen LogP contribution in [-0.4, -0.2) is 41.9 Å². The Morgan fingerprint density at radius 1 is 1.06 bits per heavy atom. The molecule has 1 aromatic heterocycles. The van der Waals surface area contributed by atoms with Gasteiger partial charge in [0, 0.05) is 18.7 Å². The molecule has 0 aliphatic carbocycles. The molecule has 0 spiro atoms. The van der Waals surface area contributed by atoms with Crippen molar-refractivity contribution in [2.45, 2.75) is 51.9 Å². The average molecular weight is 471 g/mol. The first-order valence-corrected chi connectivity index (χ1v) is 12.5. The van der Waals surface area contributed by atoms with E-state index < -0.39 is 15.9 Å². The molecule has 3 rings (SSSR count). The summed E-state index contributed by atoms with van der Waals surface area (Å²) < 4.78 is 32.7. The average Bonchev–Trinajstić information content (AvgIpc) is 3.23. The number of anilines is 1. The Morgan fingerprint density at radius 3 is 2.42 bits per heavy atom. The molecular formula is C24H30N4O4S. The van der Waals surface area contributed by atoms with Crippen LogP contribution in [0.2, 0.25) is 0 Å². The minimum Gasteiger partial charge on any atom is -0.407 e. The minimum atomic E-state index is -3.60. The second kappa shape index (κ2) is 10.7. The molecule has 0 saturated carbocycles. The van der Waals surface area contributed by atoms with E-state index in [4.69, 9.17) is 4.42 Å². The van der Waals surface area contributed by atoms with Gasteiger partial charge in [-0.25, -0.2) is 8.42 Å². The Kier molecular flexibility index (Phi) is 7.99. The third-order valence-electron chi connectivity index (χ3n) is 5.40. The Bertz CT molecular complexity index is 1200. The summed E-state index contributed by atoms with van der Waals surface area (Å²) in [6, 6.07) is 12.0. The molecular weight excluding hydrogens is 440 g/mol. The number of nitrogens with zero attached hydrogens (tertiary/aromatic N) is 3. The van der Waals surface area contributed by atoms with E-state index in [9.17, 15) is 13.2 Å². The van der Waals surface area contributed by atoms with Gasteiger partial charge in [-0.15, -0.1) is 5.10 Å². The lowest BCUT2D eigenvalue weighted by atomic mass is 10.0. The topological polar surface area (TPSA) is 105 Å². The maximum absolute atomic E-state index is 12.8. The Labute approximate surface area is 195 Å². The van der Waals surface area contributed by atoms with E-state index in [2.05, 4.69) is 21.6 Å². The highest BCUT2D eigenvalue weighted by Gasteiger charge is 2.23. The second-order valence-electron chi connectivity index (χ2n) is 7.94. The number of carbonyl (C=O) groups is 1. The van der Waals surface area contributed by atoms with Crippen molar-refractivity contribution < 1.29 is 17.6 Å². The van der Waals surface area contributed by atoms with Crippen molar-refractivity contribution in [1.82, 2.24) is 14.5 Å². The molecule has 0 saturated heterocycles. The van der Waals surface area contributed by atoms with Crippen LogP contribution in [-0.2, 0) is 16.4 Å².